The molecule has 0 aromatic rings. The minimum atomic E-state index is -0.425. The van der Waals surface area contributed by atoms with Gasteiger partial charge in [-0.05, 0) is 24.9 Å². The lowest BCUT2D eigenvalue weighted by atomic mass is 9.96. The van der Waals surface area contributed by atoms with Crippen LogP contribution < -0.4 is 11.1 Å². The van der Waals surface area contributed by atoms with Gasteiger partial charge in [0.1, 0.15) is 0 Å². The highest BCUT2D eigenvalue weighted by Gasteiger charge is 2.11. The molecule has 0 aromatic heterocycles. The highest BCUT2D eigenvalue weighted by molar-refractivity contribution is 4.68. The molecule has 0 aromatic carbocycles. The third kappa shape index (κ3) is 6.32. The lowest BCUT2D eigenvalue weighted by Gasteiger charge is -2.20. The van der Waals surface area contributed by atoms with Crippen LogP contribution in [0.2, 0.25) is 0 Å². The van der Waals surface area contributed by atoms with Gasteiger partial charge in [-0.3, -0.25) is 0 Å². The Bertz CT molecular complexity index is 131. The smallest absolute Gasteiger partial charge is 0.0897 e. The molecular formula is C10H24N2O2. The average molecular weight is 204 g/mol. The van der Waals surface area contributed by atoms with E-state index in [4.69, 9.17) is 10.5 Å². The van der Waals surface area contributed by atoms with Crippen molar-refractivity contribution in [3.05, 3.63) is 0 Å². The monoisotopic (exact) mass is 204 g/mol. The van der Waals surface area contributed by atoms with Gasteiger partial charge in [-0.1, -0.05) is 13.8 Å². The number of nitrogens with two attached hydrogens (primary N) is 1. The summed E-state index contributed by atoms with van der Waals surface area (Å²) >= 11 is 0. The number of aliphatic hydroxyl groups excluding tert-OH is 1. The first kappa shape index (κ1) is 13.8. The van der Waals surface area contributed by atoms with E-state index >= 15 is 0 Å². The van der Waals surface area contributed by atoms with Gasteiger partial charge in [0.05, 0.1) is 12.7 Å². The van der Waals surface area contributed by atoms with E-state index in [0.717, 1.165) is 6.54 Å². The van der Waals surface area contributed by atoms with Crippen molar-refractivity contribution in [1.82, 2.24) is 5.32 Å². The number of hydrogen-bond acceptors (Lipinski definition) is 4. The van der Waals surface area contributed by atoms with Crippen LogP contribution in [0.4, 0.5) is 0 Å². The predicted molar refractivity (Wildman–Crippen MR) is 58.1 cm³/mol. The van der Waals surface area contributed by atoms with E-state index in [0.29, 0.717) is 31.5 Å². The molecule has 0 rings (SSSR count). The summed E-state index contributed by atoms with van der Waals surface area (Å²) in [5.74, 6) is 1.05. The number of methoxy groups -OCH3 is 1. The first-order valence-electron chi connectivity index (χ1n) is 5.19. The van der Waals surface area contributed by atoms with Crippen molar-refractivity contribution in [3.63, 3.8) is 0 Å². The van der Waals surface area contributed by atoms with Gasteiger partial charge in [-0.25, -0.2) is 0 Å². The van der Waals surface area contributed by atoms with Crippen LogP contribution in [0.3, 0.4) is 0 Å². The molecule has 0 radical (unpaired) electrons. The van der Waals surface area contributed by atoms with Crippen LogP contribution in [0, 0.1) is 11.8 Å². The van der Waals surface area contributed by atoms with Crippen molar-refractivity contribution in [1.29, 1.82) is 0 Å². The van der Waals surface area contributed by atoms with Crippen LogP contribution in [0.1, 0.15) is 13.8 Å². The second-order valence-corrected chi connectivity index (χ2v) is 4.01. The lowest BCUT2D eigenvalue weighted by molar-refractivity contribution is 0.0637. The Morgan fingerprint density at radius 3 is 2.43 bits per heavy atom. The van der Waals surface area contributed by atoms with Crippen LogP contribution in [0.5, 0.6) is 0 Å². The second kappa shape index (κ2) is 8.17. The van der Waals surface area contributed by atoms with Gasteiger partial charge in [0.15, 0.2) is 0 Å². The molecule has 86 valence electrons. The highest BCUT2D eigenvalue weighted by Crippen LogP contribution is 2.07. The maximum atomic E-state index is 9.35. The Kier molecular flexibility index (Phi) is 8.08. The van der Waals surface area contributed by atoms with Crippen molar-refractivity contribution in [2.75, 3.05) is 33.4 Å². The average Bonchev–Trinajstić information content (AvgIpc) is 2.12. The Morgan fingerprint density at radius 1 is 1.36 bits per heavy atom. The van der Waals surface area contributed by atoms with Crippen LogP contribution in [0.15, 0.2) is 0 Å². The first-order chi connectivity index (χ1) is 6.61. The Labute approximate surface area is 86.8 Å². The molecule has 0 aliphatic heterocycles. The second-order valence-electron chi connectivity index (χ2n) is 4.01. The van der Waals surface area contributed by atoms with Gasteiger partial charge in [-0.2, -0.15) is 0 Å². The van der Waals surface area contributed by atoms with Crippen molar-refractivity contribution >= 4 is 0 Å². The highest BCUT2D eigenvalue weighted by atomic mass is 16.5. The molecule has 0 saturated carbocycles. The van der Waals surface area contributed by atoms with E-state index in [1.807, 2.05) is 0 Å². The topological polar surface area (TPSA) is 67.5 Å². The Balaban J connectivity index is 3.50. The molecule has 4 nitrogen and oxygen atoms in total. The molecule has 0 aliphatic rings. The molecule has 0 spiro atoms. The molecule has 0 saturated heterocycles. The zero-order valence-corrected chi connectivity index (χ0v) is 9.49. The summed E-state index contributed by atoms with van der Waals surface area (Å²) in [6.45, 7) is 6.80. The molecule has 0 heterocycles. The van der Waals surface area contributed by atoms with E-state index < -0.39 is 6.10 Å². The molecule has 14 heavy (non-hydrogen) atoms. The standard InChI is InChI=1S/C10H24N2O2/c1-8(2)9(4-11)5-12-6-10(13)7-14-3/h8-10,12-13H,4-7,11H2,1-3H3. The van der Waals surface area contributed by atoms with Crippen LogP contribution in [-0.4, -0.2) is 44.6 Å². The van der Waals surface area contributed by atoms with Gasteiger partial charge in [0.25, 0.3) is 0 Å². The van der Waals surface area contributed by atoms with E-state index in [1.165, 1.54) is 0 Å². The van der Waals surface area contributed by atoms with E-state index in [-0.39, 0.29) is 0 Å². The van der Waals surface area contributed by atoms with Crippen molar-refractivity contribution in [2.24, 2.45) is 17.6 Å². The SMILES string of the molecule is COCC(O)CNCC(CN)C(C)C. The summed E-state index contributed by atoms with van der Waals surface area (Å²) < 4.78 is 4.82. The lowest BCUT2D eigenvalue weighted by Crippen LogP contribution is -2.37. The van der Waals surface area contributed by atoms with Gasteiger partial charge in [0.2, 0.25) is 0 Å². The van der Waals surface area contributed by atoms with Gasteiger partial charge < -0.3 is 20.9 Å². The number of nitrogens with one attached hydrogen (secondary N) is 1. The maximum absolute atomic E-state index is 9.35. The fourth-order valence-corrected chi connectivity index (χ4v) is 1.28. The first-order valence-corrected chi connectivity index (χ1v) is 5.19. The Hall–Kier alpha value is -0.160. The minimum Gasteiger partial charge on any atom is -0.389 e. The van der Waals surface area contributed by atoms with E-state index in [1.54, 1.807) is 7.11 Å². The van der Waals surface area contributed by atoms with Gasteiger partial charge in [0, 0.05) is 13.7 Å². The van der Waals surface area contributed by atoms with Gasteiger partial charge in [-0.15, -0.1) is 0 Å². The summed E-state index contributed by atoms with van der Waals surface area (Å²) in [7, 11) is 1.58. The summed E-state index contributed by atoms with van der Waals surface area (Å²) in [6, 6.07) is 0. The summed E-state index contributed by atoms with van der Waals surface area (Å²) in [5, 5.41) is 12.5. The fourth-order valence-electron chi connectivity index (χ4n) is 1.28. The Morgan fingerprint density at radius 2 is 2.00 bits per heavy atom. The van der Waals surface area contributed by atoms with Crippen molar-refractivity contribution in [3.8, 4) is 0 Å². The quantitative estimate of drug-likeness (QED) is 0.513. The molecule has 0 aliphatic carbocycles. The number of ether oxygens (including phenoxy) is 1. The zero-order chi connectivity index (χ0) is 11.0. The molecule has 0 fully saturated rings. The molecule has 4 heteroatoms. The summed E-state index contributed by atoms with van der Waals surface area (Å²) in [6.07, 6.45) is -0.425. The molecule has 2 atom stereocenters. The molecular weight excluding hydrogens is 180 g/mol. The molecule has 0 amide bonds. The van der Waals surface area contributed by atoms with Crippen LogP contribution >= 0.6 is 0 Å². The largest absolute Gasteiger partial charge is 0.389 e. The molecule has 0 bridgehead atoms. The van der Waals surface area contributed by atoms with Gasteiger partial charge >= 0.3 is 0 Å². The zero-order valence-electron chi connectivity index (χ0n) is 9.49. The van der Waals surface area contributed by atoms with E-state index in [2.05, 4.69) is 19.2 Å². The summed E-state index contributed by atoms with van der Waals surface area (Å²) in [4.78, 5) is 0. The van der Waals surface area contributed by atoms with Crippen molar-refractivity contribution in [2.45, 2.75) is 20.0 Å². The third-order valence-corrected chi connectivity index (χ3v) is 2.39. The predicted octanol–water partition coefficient (Wildman–Crippen LogP) is -0.186. The van der Waals surface area contributed by atoms with E-state index in [9.17, 15) is 5.11 Å². The number of hydrogen-bond donors (Lipinski definition) is 3. The fraction of sp³-hybridized carbons (Fsp3) is 1.00. The third-order valence-electron chi connectivity index (χ3n) is 2.39. The number of aliphatic hydroxyl groups is 1. The molecule has 4 N–H and O–H groups in total. The van der Waals surface area contributed by atoms with Crippen LogP contribution in [-0.2, 0) is 4.74 Å². The molecule has 2 unspecified atom stereocenters. The van der Waals surface area contributed by atoms with Crippen LogP contribution in [0.25, 0.3) is 0 Å². The van der Waals surface area contributed by atoms with Crippen molar-refractivity contribution < 1.29 is 9.84 Å². The summed E-state index contributed by atoms with van der Waals surface area (Å²) in [5.41, 5.74) is 5.62. The number of rotatable bonds is 8. The normalized spacial score (nSPS) is 15.9. The minimum absolute atomic E-state index is 0.377. The maximum Gasteiger partial charge on any atom is 0.0897 e.